The molecule has 7 heteroatoms. The lowest BCUT2D eigenvalue weighted by molar-refractivity contribution is -0.138. The van der Waals surface area contributed by atoms with Crippen molar-refractivity contribution in [3.05, 3.63) is 71.9 Å². The van der Waals surface area contributed by atoms with Crippen molar-refractivity contribution in [1.82, 2.24) is 0 Å². The highest BCUT2D eigenvalue weighted by Gasteiger charge is 2.23. The first-order valence-corrected chi connectivity index (χ1v) is 10.6. The number of ether oxygens (including phenoxy) is 2. The standard InChI is InChI=1S/C19H27NO5.C7H7N/c1-12(2)18(23)24-9-7-13-10-14(19(3,4)5)17(22)15(11-13)25-16(21)6-8-20;1-6-4-2-3-5-7(6)8/h10-11,22H,1,6-9,20H2,2-5H3;2-5,8H,1H2. The van der Waals surface area contributed by atoms with E-state index in [-0.39, 0.29) is 36.5 Å². The summed E-state index contributed by atoms with van der Waals surface area (Å²) in [6, 6.07) is 3.40. The summed E-state index contributed by atoms with van der Waals surface area (Å²) in [7, 11) is 0. The summed E-state index contributed by atoms with van der Waals surface area (Å²) in [6.45, 7) is 14.9. The third-order valence-electron chi connectivity index (χ3n) is 4.50. The lowest BCUT2D eigenvalue weighted by atomic mass is 9.85. The van der Waals surface area contributed by atoms with Crippen molar-refractivity contribution in [1.29, 1.82) is 5.41 Å². The molecule has 33 heavy (non-hydrogen) atoms. The van der Waals surface area contributed by atoms with Crippen LogP contribution >= 0.6 is 0 Å². The van der Waals surface area contributed by atoms with Gasteiger partial charge in [0.05, 0.1) is 18.7 Å². The number of phenols is 1. The summed E-state index contributed by atoms with van der Waals surface area (Å²) in [6.07, 6.45) is 7.73. The van der Waals surface area contributed by atoms with Crippen molar-refractivity contribution in [3.63, 3.8) is 0 Å². The van der Waals surface area contributed by atoms with E-state index in [1.165, 1.54) is 0 Å². The first-order chi connectivity index (χ1) is 15.4. The Kier molecular flexibility index (Phi) is 10.5. The minimum absolute atomic E-state index is 0.0603. The Morgan fingerprint density at radius 3 is 2.30 bits per heavy atom. The Hall–Kier alpha value is -3.45. The topological polar surface area (TPSA) is 123 Å². The second kappa shape index (κ2) is 12.6. The number of phenolic OH excluding ortho intramolecular Hbond substituents is 1. The van der Waals surface area contributed by atoms with Crippen LogP contribution in [0.2, 0.25) is 0 Å². The molecule has 0 aromatic heterocycles. The third kappa shape index (κ3) is 9.29. The maximum absolute atomic E-state index is 11.7. The number of nitrogens with one attached hydrogen (secondary N) is 1. The zero-order valence-corrected chi connectivity index (χ0v) is 19.9. The van der Waals surface area contributed by atoms with Crippen LogP contribution in [0.4, 0.5) is 0 Å². The van der Waals surface area contributed by atoms with Crippen molar-refractivity contribution < 1.29 is 24.2 Å². The molecule has 0 bridgehead atoms. The molecule has 7 nitrogen and oxygen atoms in total. The largest absolute Gasteiger partial charge is 0.504 e. The van der Waals surface area contributed by atoms with E-state index >= 15 is 0 Å². The van der Waals surface area contributed by atoms with E-state index in [4.69, 9.17) is 20.6 Å². The molecular weight excluding hydrogens is 420 g/mol. The average Bonchev–Trinajstić information content (AvgIpc) is 2.72. The van der Waals surface area contributed by atoms with Gasteiger partial charge in [-0.2, -0.15) is 0 Å². The Bertz CT molecular complexity index is 959. The monoisotopic (exact) mass is 454 g/mol. The predicted molar refractivity (Wildman–Crippen MR) is 131 cm³/mol. The van der Waals surface area contributed by atoms with Crippen molar-refractivity contribution in [2.45, 2.75) is 46.0 Å². The van der Waals surface area contributed by atoms with E-state index < -0.39 is 11.9 Å². The van der Waals surface area contributed by atoms with Gasteiger partial charge in [0.15, 0.2) is 11.5 Å². The third-order valence-corrected chi connectivity index (χ3v) is 4.50. The summed E-state index contributed by atoms with van der Waals surface area (Å²) in [5.74, 6) is -0.944. The van der Waals surface area contributed by atoms with Gasteiger partial charge < -0.3 is 25.7 Å². The molecule has 0 saturated heterocycles. The molecule has 0 radical (unpaired) electrons. The van der Waals surface area contributed by atoms with Crippen LogP contribution in [0.5, 0.6) is 11.5 Å². The molecule has 0 heterocycles. The minimum atomic E-state index is -0.511. The van der Waals surface area contributed by atoms with Gasteiger partial charge in [0.2, 0.25) is 0 Å². The van der Waals surface area contributed by atoms with Crippen LogP contribution < -0.4 is 10.5 Å². The van der Waals surface area contributed by atoms with Crippen LogP contribution in [0.25, 0.3) is 0 Å². The molecule has 1 aliphatic carbocycles. The predicted octanol–water partition coefficient (Wildman–Crippen LogP) is 4.29. The van der Waals surface area contributed by atoms with Gasteiger partial charge >= 0.3 is 11.9 Å². The summed E-state index contributed by atoms with van der Waals surface area (Å²) < 4.78 is 10.3. The van der Waals surface area contributed by atoms with E-state index in [1.54, 1.807) is 19.1 Å². The molecule has 4 N–H and O–H groups in total. The summed E-state index contributed by atoms with van der Waals surface area (Å²) in [4.78, 5) is 23.2. The highest BCUT2D eigenvalue weighted by molar-refractivity contribution is 6.08. The molecule has 0 unspecified atom stereocenters. The molecule has 0 saturated carbocycles. The van der Waals surface area contributed by atoms with Gasteiger partial charge in [0.25, 0.3) is 0 Å². The van der Waals surface area contributed by atoms with E-state index in [0.717, 1.165) is 11.1 Å². The fourth-order valence-electron chi connectivity index (χ4n) is 2.66. The number of hydrogen-bond donors (Lipinski definition) is 3. The van der Waals surface area contributed by atoms with E-state index in [2.05, 4.69) is 13.2 Å². The maximum Gasteiger partial charge on any atom is 0.333 e. The van der Waals surface area contributed by atoms with Crippen molar-refractivity contribution in [2.24, 2.45) is 5.73 Å². The van der Waals surface area contributed by atoms with Gasteiger partial charge in [-0.05, 0) is 35.6 Å². The molecule has 0 atom stereocenters. The zero-order chi connectivity index (χ0) is 25.2. The fourth-order valence-corrected chi connectivity index (χ4v) is 2.66. The smallest absolute Gasteiger partial charge is 0.333 e. The molecule has 1 aromatic rings. The fraction of sp³-hybridized carbons (Fsp3) is 0.346. The highest BCUT2D eigenvalue weighted by Crippen LogP contribution is 2.39. The van der Waals surface area contributed by atoms with E-state index in [1.807, 2.05) is 45.1 Å². The Morgan fingerprint density at radius 1 is 1.18 bits per heavy atom. The number of carbonyl (C=O) groups excluding carboxylic acids is 2. The molecule has 0 fully saturated rings. The van der Waals surface area contributed by atoms with Gasteiger partial charge in [-0.1, -0.05) is 58.2 Å². The molecular formula is C26H34N2O5. The molecule has 1 aromatic carbocycles. The van der Waals surface area contributed by atoms with Gasteiger partial charge in [0.1, 0.15) is 0 Å². The minimum Gasteiger partial charge on any atom is -0.504 e. The average molecular weight is 455 g/mol. The number of nitrogens with two attached hydrogens (primary N) is 1. The van der Waals surface area contributed by atoms with Crippen LogP contribution in [0.1, 0.15) is 45.2 Å². The SMILES string of the molecule is C=C(C)C(=O)OCCc1cc(OC(=O)CCN)c(O)c(C(C)(C)C)c1.C=C1C=CC=CC1=N. The van der Waals surface area contributed by atoms with Crippen LogP contribution in [0.15, 0.2) is 60.7 Å². The number of hydrogen-bond acceptors (Lipinski definition) is 7. The van der Waals surface area contributed by atoms with Crippen LogP contribution in [-0.2, 0) is 26.2 Å². The Balaban J connectivity index is 0.000000568. The van der Waals surface area contributed by atoms with Gasteiger partial charge in [-0.15, -0.1) is 0 Å². The van der Waals surface area contributed by atoms with Crippen molar-refractivity contribution in [2.75, 3.05) is 13.2 Å². The second-order valence-corrected chi connectivity index (χ2v) is 8.58. The lowest BCUT2D eigenvalue weighted by Crippen LogP contribution is -2.16. The number of rotatable bonds is 7. The summed E-state index contributed by atoms with van der Waals surface area (Å²) in [5.41, 5.74) is 8.04. The van der Waals surface area contributed by atoms with E-state index in [0.29, 0.717) is 23.3 Å². The lowest BCUT2D eigenvalue weighted by Gasteiger charge is -2.23. The van der Waals surface area contributed by atoms with Crippen molar-refractivity contribution in [3.8, 4) is 11.5 Å². The van der Waals surface area contributed by atoms with Gasteiger partial charge in [-0.3, -0.25) is 4.79 Å². The molecule has 0 aliphatic heterocycles. The second-order valence-electron chi connectivity index (χ2n) is 8.58. The number of carbonyl (C=O) groups is 2. The molecule has 2 rings (SSSR count). The van der Waals surface area contributed by atoms with Gasteiger partial charge in [-0.25, -0.2) is 4.79 Å². The first-order valence-electron chi connectivity index (χ1n) is 10.6. The number of allylic oxidation sites excluding steroid dienone is 5. The van der Waals surface area contributed by atoms with Crippen LogP contribution in [0, 0.1) is 5.41 Å². The Labute approximate surface area is 195 Å². The van der Waals surface area contributed by atoms with Crippen LogP contribution in [-0.4, -0.2) is 35.9 Å². The number of esters is 2. The zero-order valence-electron chi connectivity index (χ0n) is 19.9. The number of benzene rings is 1. The first kappa shape index (κ1) is 27.6. The summed E-state index contributed by atoms with van der Waals surface area (Å²) in [5, 5.41) is 17.6. The normalized spacial score (nSPS) is 12.6. The molecule has 0 spiro atoms. The van der Waals surface area contributed by atoms with Crippen molar-refractivity contribution >= 4 is 17.7 Å². The molecule has 0 amide bonds. The number of aromatic hydroxyl groups is 1. The Morgan fingerprint density at radius 2 is 1.82 bits per heavy atom. The highest BCUT2D eigenvalue weighted by atomic mass is 16.5. The maximum atomic E-state index is 11.7. The van der Waals surface area contributed by atoms with Crippen LogP contribution in [0.3, 0.4) is 0 Å². The van der Waals surface area contributed by atoms with E-state index in [9.17, 15) is 14.7 Å². The van der Waals surface area contributed by atoms with Gasteiger partial charge in [0, 0.05) is 24.1 Å². The quantitative estimate of drug-likeness (QED) is 0.321. The molecule has 178 valence electrons. The molecule has 1 aliphatic rings. The summed E-state index contributed by atoms with van der Waals surface area (Å²) >= 11 is 0.